The molecule has 0 unspecified atom stereocenters. The molecule has 2 aliphatic heterocycles. The lowest BCUT2D eigenvalue weighted by atomic mass is 9.94. The average molecular weight is 497 g/mol. The zero-order chi connectivity index (χ0) is 21.1. The van der Waals surface area contributed by atoms with Gasteiger partial charge in [-0.3, -0.25) is 4.90 Å². The number of hydrogen-bond acceptors (Lipinski definition) is 3. The van der Waals surface area contributed by atoms with Crippen LogP contribution in [-0.4, -0.2) is 54.4 Å². The molecule has 0 saturated carbocycles. The van der Waals surface area contributed by atoms with Crippen LogP contribution in [-0.2, 0) is 6.18 Å². The number of halogens is 4. The lowest BCUT2D eigenvalue weighted by Gasteiger charge is -2.34. The van der Waals surface area contributed by atoms with E-state index in [0.29, 0.717) is 5.56 Å². The van der Waals surface area contributed by atoms with Gasteiger partial charge in [-0.25, -0.2) is 0 Å². The van der Waals surface area contributed by atoms with Crippen molar-refractivity contribution in [1.29, 1.82) is 0 Å². The molecule has 1 fully saturated rings. The van der Waals surface area contributed by atoms with Gasteiger partial charge in [0.2, 0.25) is 0 Å². The van der Waals surface area contributed by atoms with Crippen molar-refractivity contribution in [2.75, 3.05) is 44.6 Å². The summed E-state index contributed by atoms with van der Waals surface area (Å²) in [5.41, 5.74) is 2.05. The topological polar surface area (TPSA) is 6.48 Å². The first-order chi connectivity index (χ1) is 14.5. The zero-order valence-corrected chi connectivity index (χ0v) is 19.0. The molecule has 7 heteroatoms. The minimum Gasteiger partial charge on any atom is -0.300 e. The van der Waals surface area contributed by atoms with Gasteiger partial charge in [-0.1, -0.05) is 52.0 Å². The first kappa shape index (κ1) is 21.9. The summed E-state index contributed by atoms with van der Waals surface area (Å²) in [5.74, 6) is 0. The summed E-state index contributed by atoms with van der Waals surface area (Å²) in [4.78, 5) is 6.88. The summed E-state index contributed by atoms with van der Waals surface area (Å²) in [7, 11) is 0. The summed E-state index contributed by atoms with van der Waals surface area (Å²) in [6.07, 6.45) is -1.39. The fraction of sp³-hybridized carbons (Fsp3) is 0.391. The Morgan fingerprint density at radius 2 is 1.57 bits per heavy atom. The molecule has 0 atom stereocenters. The van der Waals surface area contributed by atoms with E-state index in [1.807, 2.05) is 24.3 Å². The van der Waals surface area contributed by atoms with Crippen LogP contribution in [0.3, 0.4) is 0 Å². The smallest absolute Gasteiger partial charge is 0.300 e. The summed E-state index contributed by atoms with van der Waals surface area (Å²) >= 11 is 5.04. The summed E-state index contributed by atoms with van der Waals surface area (Å²) in [6, 6.07) is 12.1. The lowest BCUT2D eigenvalue weighted by Crippen LogP contribution is -2.46. The van der Waals surface area contributed by atoms with E-state index in [9.17, 15) is 13.2 Å². The van der Waals surface area contributed by atoms with E-state index in [-0.39, 0.29) is 0 Å². The van der Waals surface area contributed by atoms with Crippen molar-refractivity contribution in [3.05, 3.63) is 65.2 Å². The molecule has 0 spiro atoms. The van der Waals surface area contributed by atoms with E-state index < -0.39 is 11.7 Å². The molecule has 0 amide bonds. The van der Waals surface area contributed by atoms with E-state index in [2.05, 4.69) is 31.8 Å². The van der Waals surface area contributed by atoms with Crippen molar-refractivity contribution in [1.82, 2.24) is 9.80 Å². The Kier molecular flexibility index (Phi) is 6.92. The van der Waals surface area contributed by atoms with E-state index in [1.165, 1.54) is 12.1 Å². The molecule has 0 aliphatic carbocycles. The Bertz CT molecular complexity index is 921. The number of piperazine rings is 1. The predicted octanol–water partition coefficient (Wildman–Crippen LogP) is 6.00. The quantitative estimate of drug-likeness (QED) is 0.399. The van der Waals surface area contributed by atoms with Crippen LogP contribution in [0, 0.1) is 0 Å². The lowest BCUT2D eigenvalue weighted by molar-refractivity contribution is -0.137. The summed E-state index contributed by atoms with van der Waals surface area (Å²) in [5, 5.41) is 0.996. The normalized spacial score (nSPS) is 19.0. The highest BCUT2D eigenvalue weighted by molar-refractivity contribution is 9.09. The SMILES string of the molecule is FC(F)(F)c1ccc2c(c1)/C(=C/CCN1CCN(CCBr)CC1)c1ccccc1S2. The summed E-state index contributed by atoms with van der Waals surface area (Å²) in [6.45, 7) is 6.22. The molecule has 1 saturated heterocycles. The van der Waals surface area contributed by atoms with Crippen molar-refractivity contribution in [2.45, 2.75) is 22.4 Å². The third kappa shape index (κ3) is 4.96. The fourth-order valence-electron chi connectivity index (χ4n) is 4.01. The molecule has 4 rings (SSSR count). The van der Waals surface area contributed by atoms with Gasteiger partial charge in [-0.15, -0.1) is 0 Å². The number of hydrogen-bond donors (Lipinski definition) is 0. The molecular weight excluding hydrogens is 473 g/mol. The van der Waals surface area contributed by atoms with E-state index in [4.69, 9.17) is 0 Å². The van der Waals surface area contributed by atoms with E-state index in [0.717, 1.165) is 71.9 Å². The Hall–Kier alpha value is -1.28. The Morgan fingerprint density at radius 1 is 0.900 bits per heavy atom. The van der Waals surface area contributed by atoms with Crippen LogP contribution >= 0.6 is 27.7 Å². The number of benzene rings is 2. The van der Waals surface area contributed by atoms with Gasteiger partial charge in [0.05, 0.1) is 5.56 Å². The van der Waals surface area contributed by atoms with Crippen molar-refractivity contribution in [3.8, 4) is 0 Å². The molecule has 0 bridgehead atoms. The van der Waals surface area contributed by atoms with Gasteiger partial charge in [0.15, 0.2) is 0 Å². The van der Waals surface area contributed by atoms with E-state index in [1.54, 1.807) is 17.8 Å². The number of alkyl halides is 4. The van der Waals surface area contributed by atoms with Crippen LogP contribution in [0.15, 0.2) is 58.3 Å². The Balaban J connectivity index is 1.55. The van der Waals surface area contributed by atoms with Gasteiger partial charge in [0, 0.05) is 54.4 Å². The number of nitrogens with zero attached hydrogens (tertiary/aromatic N) is 2. The molecule has 0 radical (unpaired) electrons. The van der Waals surface area contributed by atoms with Gasteiger partial charge < -0.3 is 4.90 Å². The minimum absolute atomic E-state index is 0.588. The van der Waals surface area contributed by atoms with Crippen molar-refractivity contribution >= 4 is 33.3 Å². The highest BCUT2D eigenvalue weighted by Crippen LogP contribution is 2.47. The van der Waals surface area contributed by atoms with Gasteiger partial charge in [0.25, 0.3) is 0 Å². The maximum absolute atomic E-state index is 13.3. The second-order valence-corrected chi connectivity index (χ2v) is 9.46. The first-order valence-corrected chi connectivity index (χ1v) is 12.1. The molecule has 2 aliphatic rings. The molecule has 160 valence electrons. The summed E-state index contributed by atoms with van der Waals surface area (Å²) < 4.78 is 40.0. The van der Waals surface area contributed by atoms with Crippen LogP contribution in [0.2, 0.25) is 0 Å². The van der Waals surface area contributed by atoms with Gasteiger partial charge in [-0.05, 0) is 47.4 Å². The maximum atomic E-state index is 13.3. The molecule has 0 N–H and O–H groups in total. The van der Waals surface area contributed by atoms with Gasteiger partial charge >= 0.3 is 6.18 Å². The monoisotopic (exact) mass is 496 g/mol. The van der Waals surface area contributed by atoms with Gasteiger partial charge in [-0.2, -0.15) is 13.2 Å². The average Bonchev–Trinajstić information content (AvgIpc) is 2.73. The molecule has 0 aromatic heterocycles. The molecular formula is C23H24BrF3N2S. The van der Waals surface area contributed by atoms with Crippen LogP contribution < -0.4 is 0 Å². The third-order valence-electron chi connectivity index (χ3n) is 5.65. The van der Waals surface area contributed by atoms with Crippen LogP contribution in [0.1, 0.15) is 23.1 Å². The molecule has 2 nitrogen and oxygen atoms in total. The number of fused-ring (bicyclic) bond motifs is 2. The standard InChI is InChI=1S/C23H24BrF3N2S/c24-9-11-29-14-12-28(13-15-29)10-3-5-18-19-4-1-2-6-21(19)30-22-8-7-17(16-20(18)22)23(25,26)27/h1-2,4-8,16H,3,9-15H2/b18-5+. The van der Waals surface area contributed by atoms with Crippen LogP contribution in [0.5, 0.6) is 0 Å². The van der Waals surface area contributed by atoms with Crippen molar-refractivity contribution in [3.63, 3.8) is 0 Å². The number of rotatable bonds is 5. The maximum Gasteiger partial charge on any atom is 0.416 e. The highest BCUT2D eigenvalue weighted by atomic mass is 79.9. The van der Waals surface area contributed by atoms with E-state index >= 15 is 0 Å². The Labute approximate surface area is 188 Å². The molecule has 2 aromatic rings. The second-order valence-electron chi connectivity index (χ2n) is 7.59. The molecule has 2 heterocycles. The Morgan fingerprint density at radius 3 is 2.27 bits per heavy atom. The highest BCUT2D eigenvalue weighted by Gasteiger charge is 2.32. The predicted molar refractivity (Wildman–Crippen MR) is 120 cm³/mol. The van der Waals surface area contributed by atoms with Crippen LogP contribution in [0.25, 0.3) is 5.57 Å². The van der Waals surface area contributed by atoms with Crippen molar-refractivity contribution in [2.24, 2.45) is 0 Å². The third-order valence-corrected chi connectivity index (χ3v) is 7.16. The second kappa shape index (κ2) is 9.47. The van der Waals surface area contributed by atoms with Crippen LogP contribution in [0.4, 0.5) is 13.2 Å². The molecule has 30 heavy (non-hydrogen) atoms. The first-order valence-electron chi connectivity index (χ1n) is 10.2. The van der Waals surface area contributed by atoms with Crippen molar-refractivity contribution < 1.29 is 13.2 Å². The van der Waals surface area contributed by atoms with Gasteiger partial charge in [0.1, 0.15) is 0 Å². The minimum atomic E-state index is -4.34. The zero-order valence-electron chi connectivity index (χ0n) is 16.6. The molecule has 2 aromatic carbocycles. The fourth-order valence-corrected chi connectivity index (χ4v) is 5.60. The largest absolute Gasteiger partial charge is 0.416 e.